The van der Waals surface area contributed by atoms with E-state index in [-0.39, 0.29) is 4.90 Å². The molecule has 0 N–H and O–H groups in total. The van der Waals surface area contributed by atoms with Gasteiger partial charge in [0.25, 0.3) is 0 Å². The number of sulfone groups is 1. The number of benzene rings is 2. The predicted molar refractivity (Wildman–Crippen MR) is 86.5 cm³/mol. The lowest BCUT2D eigenvalue weighted by Gasteiger charge is -2.07. The quantitative estimate of drug-likeness (QED) is 0.734. The Balaban J connectivity index is 2.00. The maximum absolute atomic E-state index is 11.5. The van der Waals surface area contributed by atoms with E-state index >= 15 is 0 Å². The van der Waals surface area contributed by atoms with Gasteiger partial charge < -0.3 is 4.74 Å². The van der Waals surface area contributed by atoms with Crippen LogP contribution in [0, 0.1) is 0 Å². The molecule has 1 aromatic heterocycles. The maximum Gasteiger partial charge on any atom is 0.175 e. The summed E-state index contributed by atoms with van der Waals surface area (Å²) < 4.78 is 29.9. The topological polar surface area (TPSA) is 74.1 Å². The van der Waals surface area contributed by atoms with Gasteiger partial charge in [0, 0.05) is 11.8 Å². The van der Waals surface area contributed by atoms with E-state index in [4.69, 9.17) is 4.74 Å². The zero-order valence-corrected chi connectivity index (χ0v) is 13.5. The minimum Gasteiger partial charge on any atom is -0.497 e. The van der Waals surface area contributed by atoms with Crippen LogP contribution >= 0.6 is 0 Å². The summed E-state index contributed by atoms with van der Waals surface area (Å²) in [6.07, 6.45) is 2.64. The van der Waals surface area contributed by atoms with Crippen LogP contribution in [0.25, 0.3) is 17.1 Å². The van der Waals surface area contributed by atoms with Crippen molar-refractivity contribution in [1.82, 2.24) is 14.8 Å². The summed E-state index contributed by atoms with van der Waals surface area (Å²) in [5, 5.41) is 4.22. The first-order valence-electron chi connectivity index (χ1n) is 6.84. The fourth-order valence-electron chi connectivity index (χ4n) is 2.20. The summed E-state index contributed by atoms with van der Waals surface area (Å²) in [5.74, 6) is 1.43. The van der Waals surface area contributed by atoms with Gasteiger partial charge in [-0.3, -0.25) is 0 Å². The molecule has 1 heterocycles. The number of ether oxygens (including phenoxy) is 1. The van der Waals surface area contributed by atoms with Crippen LogP contribution in [0.4, 0.5) is 0 Å². The first-order chi connectivity index (χ1) is 11.0. The van der Waals surface area contributed by atoms with Gasteiger partial charge in [-0.15, -0.1) is 0 Å². The molecule has 0 aliphatic carbocycles. The van der Waals surface area contributed by atoms with Crippen molar-refractivity contribution in [3.8, 4) is 22.8 Å². The van der Waals surface area contributed by atoms with Gasteiger partial charge in [-0.1, -0.05) is 0 Å². The van der Waals surface area contributed by atoms with Gasteiger partial charge in [0.15, 0.2) is 15.7 Å². The first-order valence-corrected chi connectivity index (χ1v) is 8.73. The van der Waals surface area contributed by atoms with Crippen molar-refractivity contribution in [3.05, 3.63) is 54.9 Å². The highest BCUT2D eigenvalue weighted by Crippen LogP contribution is 2.23. The van der Waals surface area contributed by atoms with E-state index in [9.17, 15) is 8.42 Å². The molecular weight excluding hydrogens is 314 g/mol. The lowest BCUT2D eigenvalue weighted by Crippen LogP contribution is -2.01. The molecule has 2 aromatic carbocycles. The largest absolute Gasteiger partial charge is 0.497 e. The van der Waals surface area contributed by atoms with E-state index in [1.165, 1.54) is 12.6 Å². The number of nitrogens with zero attached hydrogens (tertiary/aromatic N) is 3. The first kappa shape index (κ1) is 15.2. The second-order valence-electron chi connectivity index (χ2n) is 4.99. The molecule has 0 aliphatic rings. The molecule has 0 spiro atoms. The van der Waals surface area contributed by atoms with Crippen molar-refractivity contribution < 1.29 is 13.2 Å². The Bertz CT molecular complexity index is 914. The molecule has 0 saturated carbocycles. The molecule has 0 bridgehead atoms. The van der Waals surface area contributed by atoms with Gasteiger partial charge in [0.05, 0.1) is 17.7 Å². The molecule has 118 valence electrons. The molecule has 0 amide bonds. The molecule has 0 atom stereocenters. The van der Waals surface area contributed by atoms with Gasteiger partial charge in [-0.2, -0.15) is 5.10 Å². The van der Waals surface area contributed by atoms with Crippen LogP contribution in [0.3, 0.4) is 0 Å². The standard InChI is InChI=1S/C16H15N3O3S/c1-22-14-7-3-12(4-8-14)16-17-11-18-19(16)13-5-9-15(10-6-13)23(2,20)21/h3-11H,1-2H3. The fourth-order valence-corrected chi connectivity index (χ4v) is 2.83. The zero-order valence-electron chi connectivity index (χ0n) is 12.7. The normalized spacial score (nSPS) is 11.4. The molecule has 23 heavy (non-hydrogen) atoms. The summed E-state index contributed by atoms with van der Waals surface area (Å²) in [6.45, 7) is 0. The van der Waals surface area contributed by atoms with E-state index in [0.29, 0.717) is 5.82 Å². The van der Waals surface area contributed by atoms with Crippen molar-refractivity contribution in [3.63, 3.8) is 0 Å². The Morgan fingerprint density at radius 1 is 1.00 bits per heavy atom. The van der Waals surface area contributed by atoms with Crippen LogP contribution in [0.1, 0.15) is 0 Å². The smallest absolute Gasteiger partial charge is 0.175 e. The molecule has 0 saturated heterocycles. The molecule has 6 nitrogen and oxygen atoms in total. The Morgan fingerprint density at radius 3 is 2.22 bits per heavy atom. The number of aromatic nitrogens is 3. The van der Waals surface area contributed by atoms with Crippen LogP contribution in [-0.2, 0) is 9.84 Å². The molecule has 0 unspecified atom stereocenters. The number of rotatable bonds is 4. The Labute approximate surface area is 134 Å². The summed E-state index contributed by atoms with van der Waals surface area (Å²) in [5.41, 5.74) is 1.62. The third kappa shape index (κ3) is 3.09. The van der Waals surface area contributed by atoms with Crippen molar-refractivity contribution in [2.45, 2.75) is 4.90 Å². The minimum atomic E-state index is -3.22. The average molecular weight is 329 g/mol. The second kappa shape index (κ2) is 5.85. The Kier molecular flexibility index (Phi) is 3.87. The fraction of sp³-hybridized carbons (Fsp3) is 0.125. The van der Waals surface area contributed by atoms with E-state index in [1.807, 2.05) is 24.3 Å². The Morgan fingerprint density at radius 2 is 1.65 bits per heavy atom. The van der Waals surface area contributed by atoms with Gasteiger partial charge in [0.2, 0.25) is 0 Å². The summed E-state index contributed by atoms with van der Waals surface area (Å²) in [7, 11) is -1.61. The number of hydrogen-bond donors (Lipinski definition) is 0. The van der Waals surface area contributed by atoms with Crippen molar-refractivity contribution in [1.29, 1.82) is 0 Å². The van der Waals surface area contributed by atoms with Crippen molar-refractivity contribution in [2.75, 3.05) is 13.4 Å². The SMILES string of the molecule is COc1ccc(-c2ncnn2-c2ccc(S(C)(=O)=O)cc2)cc1. The molecule has 7 heteroatoms. The van der Waals surface area contributed by atoms with Gasteiger partial charge >= 0.3 is 0 Å². The minimum absolute atomic E-state index is 0.271. The highest BCUT2D eigenvalue weighted by Gasteiger charge is 2.11. The Hall–Kier alpha value is -2.67. The molecular formula is C16H15N3O3S. The van der Waals surface area contributed by atoms with Crippen molar-refractivity contribution >= 4 is 9.84 Å². The molecule has 0 radical (unpaired) electrons. The third-order valence-electron chi connectivity index (χ3n) is 3.41. The summed E-state index contributed by atoms with van der Waals surface area (Å²) >= 11 is 0. The monoisotopic (exact) mass is 329 g/mol. The van der Waals surface area contributed by atoms with Crippen LogP contribution in [0.2, 0.25) is 0 Å². The number of methoxy groups -OCH3 is 1. The number of hydrogen-bond acceptors (Lipinski definition) is 5. The van der Waals surface area contributed by atoms with Crippen molar-refractivity contribution in [2.24, 2.45) is 0 Å². The van der Waals surface area contributed by atoms with E-state index in [2.05, 4.69) is 10.1 Å². The predicted octanol–water partition coefficient (Wildman–Crippen LogP) is 2.35. The highest BCUT2D eigenvalue weighted by atomic mass is 32.2. The van der Waals surface area contributed by atoms with Gasteiger partial charge in [-0.25, -0.2) is 18.1 Å². The van der Waals surface area contributed by atoms with Gasteiger partial charge in [-0.05, 0) is 48.5 Å². The molecule has 0 fully saturated rings. The zero-order chi connectivity index (χ0) is 16.4. The summed E-state index contributed by atoms with van der Waals surface area (Å²) in [6, 6.07) is 14.0. The van der Waals surface area contributed by atoms with Crippen LogP contribution in [0.15, 0.2) is 59.8 Å². The van der Waals surface area contributed by atoms with Crippen LogP contribution in [-0.4, -0.2) is 36.5 Å². The average Bonchev–Trinajstić information content (AvgIpc) is 3.04. The lowest BCUT2D eigenvalue weighted by atomic mass is 10.2. The summed E-state index contributed by atoms with van der Waals surface area (Å²) in [4.78, 5) is 4.55. The molecule has 0 aliphatic heterocycles. The van der Waals surface area contributed by atoms with Crippen LogP contribution < -0.4 is 4.74 Å². The van der Waals surface area contributed by atoms with Gasteiger partial charge in [0.1, 0.15) is 12.1 Å². The third-order valence-corrected chi connectivity index (χ3v) is 4.53. The van der Waals surface area contributed by atoms with E-state index < -0.39 is 9.84 Å². The second-order valence-corrected chi connectivity index (χ2v) is 7.01. The van der Waals surface area contributed by atoms with E-state index in [0.717, 1.165) is 17.0 Å². The molecule has 3 aromatic rings. The van der Waals surface area contributed by atoms with E-state index in [1.54, 1.807) is 36.1 Å². The maximum atomic E-state index is 11.5. The molecule has 3 rings (SSSR count). The van der Waals surface area contributed by atoms with Crippen LogP contribution in [0.5, 0.6) is 5.75 Å². The highest BCUT2D eigenvalue weighted by molar-refractivity contribution is 7.90. The lowest BCUT2D eigenvalue weighted by molar-refractivity contribution is 0.415.